The number of rotatable bonds is 0. The highest BCUT2D eigenvalue weighted by atomic mass is 16.5. The first-order valence-electron chi connectivity index (χ1n) is 5.48. The summed E-state index contributed by atoms with van der Waals surface area (Å²) in [7, 11) is 0. The molecular formula is C12H15NO2. The monoisotopic (exact) mass is 205 g/mol. The second-order valence-electron chi connectivity index (χ2n) is 4.47. The molecule has 3 nitrogen and oxygen atoms in total. The summed E-state index contributed by atoms with van der Waals surface area (Å²) in [4.78, 5) is 0. The molecule has 1 fully saturated rings. The molecule has 1 saturated heterocycles. The Morgan fingerprint density at radius 1 is 1.27 bits per heavy atom. The summed E-state index contributed by atoms with van der Waals surface area (Å²) in [6.45, 7) is 2.80. The number of aromatic hydroxyl groups is 1. The Hall–Kier alpha value is -1.22. The number of hydrogen-bond acceptors (Lipinski definition) is 3. The zero-order valence-electron chi connectivity index (χ0n) is 8.62. The second kappa shape index (κ2) is 3.14. The summed E-state index contributed by atoms with van der Waals surface area (Å²) < 4.78 is 5.64. The molecule has 0 radical (unpaired) electrons. The highest BCUT2D eigenvalue weighted by Crippen LogP contribution is 2.47. The molecule has 0 aliphatic carbocycles. The summed E-state index contributed by atoms with van der Waals surface area (Å²) in [5, 5.41) is 13.1. The van der Waals surface area contributed by atoms with Gasteiger partial charge in [0.05, 0.1) is 6.61 Å². The van der Waals surface area contributed by atoms with Crippen LogP contribution in [0.25, 0.3) is 0 Å². The first kappa shape index (κ1) is 9.04. The molecule has 0 amide bonds. The summed E-state index contributed by atoms with van der Waals surface area (Å²) >= 11 is 0. The molecule has 1 spiro atoms. The normalized spacial score (nSPS) is 22.4. The average Bonchev–Trinajstić information content (AvgIpc) is 2.61. The van der Waals surface area contributed by atoms with Crippen LogP contribution in [0.5, 0.6) is 11.5 Å². The highest BCUT2D eigenvalue weighted by molar-refractivity contribution is 5.52. The van der Waals surface area contributed by atoms with Crippen molar-refractivity contribution in [1.82, 2.24) is 5.32 Å². The SMILES string of the molecule is Oc1cccc2c1OCC21CCNCC1. The van der Waals surface area contributed by atoms with Crippen LogP contribution in [-0.2, 0) is 5.41 Å². The minimum atomic E-state index is 0.152. The molecule has 15 heavy (non-hydrogen) atoms. The molecule has 2 aliphatic heterocycles. The first-order chi connectivity index (χ1) is 7.32. The molecule has 80 valence electrons. The van der Waals surface area contributed by atoms with Crippen LogP contribution >= 0.6 is 0 Å². The number of phenolic OH excluding ortho intramolecular Hbond substituents is 1. The number of piperidine rings is 1. The third kappa shape index (κ3) is 1.23. The van der Waals surface area contributed by atoms with Gasteiger partial charge in [0, 0.05) is 11.0 Å². The maximum Gasteiger partial charge on any atom is 0.164 e. The molecule has 2 heterocycles. The van der Waals surface area contributed by atoms with Crippen LogP contribution in [0.1, 0.15) is 18.4 Å². The second-order valence-corrected chi connectivity index (χ2v) is 4.47. The lowest BCUT2D eigenvalue weighted by atomic mass is 9.75. The van der Waals surface area contributed by atoms with Crippen LogP contribution < -0.4 is 10.1 Å². The lowest BCUT2D eigenvalue weighted by molar-refractivity contribution is 0.217. The molecule has 0 bridgehead atoms. The maximum absolute atomic E-state index is 9.70. The number of para-hydroxylation sites is 1. The molecule has 1 aromatic rings. The zero-order chi connectivity index (χ0) is 10.3. The molecule has 0 atom stereocenters. The Kier molecular flexibility index (Phi) is 1.89. The molecule has 1 aromatic carbocycles. The molecular weight excluding hydrogens is 190 g/mol. The lowest BCUT2D eigenvalue weighted by Crippen LogP contribution is -2.40. The predicted molar refractivity (Wildman–Crippen MR) is 57.4 cm³/mol. The van der Waals surface area contributed by atoms with Crippen molar-refractivity contribution in [2.75, 3.05) is 19.7 Å². The van der Waals surface area contributed by atoms with Gasteiger partial charge in [0.2, 0.25) is 0 Å². The number of benzene rings is 1. The van der Waals surface area contributed by atoms with Crippen molar-refractivity contribution in [3.8, 4) is 11.5 Å². The fourth-order valence-electron chi connectivity index (χ4n) is 2.70. The third-order valence-electron chi connectivity index (χ3n) is 3.62. The third-order valence-corrected chi connectivity index (χ3v) is 3.62. The zero-order valence-corrected chi connectivity index (χ0v) is 8.62. The van der Waals surface area contributed by atoms with E-state index in [1.807, 2.05) is 6.07 Å². The van der Waals surface area contributed by atoms with E-state index in [4.69, 9.17) is 4.74 Å². The van der Waals surface area contributed by atoms with E-state index in [0.717, 1.165) is 32.5 Å². The first-order valence-corrected chi connectivity index (χ1v) is 5.48. The van der Waals surface area contributed by atoms with Gasteiger partial charge in [-0.25, -0.2) is 0 Å². The number of nitrogens with one attached hydrogen (secondary N) is 1. The van der Waals surface area contributed by atoms with E-state index in [9.17, 15) is 5.11 Å². The van der Waals surface area contributed by atoms with Gasteiger partial charge in [-0.3, -0.25) is 0 Å². The summed E-state index contributed by atoms with van der Waals surface area (Å²) in [5.74, 6) is 0.988. The Morgan fingerprint density at radius 3 is 2.87 bits per heavy atom. The smallest absolute Gasteiger partial charge is 0.164 e. The molecule has 2 N–H and O–H groups in total. The molecule has 0 aromatic heterocycles. The van der Waals surface area contributed by atoms with Gasteiger partial charge < -0.3 is 15.2 Å². The standard InChI is InChI=1S/C12H15NO2/c14-10-3-1-2-9-11(10)15-8-12(9)4-6-13-7-5-12/h1-3,13-14H,4-8H2. The average molecular weight is 205 g/mol. The van der Waals surface area contributed by atoms with Crippen molar-refractivity contribution in [3.05, 3.63) is 23.8 Å². The van der Waals surface area contributed by atoms with Crippen LogP contribution in [0.4, 0.5) is 0 Å². The predicted octanol–water partition coefficient (Wildman–Crippen LogP) is 1.41. The van der Waals surface area contributed by atoms with Gasteiger partial charge in [0.1, 0.15) is 0 Å². The molecule has 0 saturated carbocycles. The van der Waals surface area contributed by atoms with Crippen LogP contribution in [-0.4, -0.2) is 24.8 Å². The van der Waals surface area contributed by atoms with E-state index < -0.39 is 0 Å². The fourth-order valence-corrected chi connectivity index (χ4v) is 2.70. The molecule has 0 unspecified atom stereocenters. The van der Waals surface area contributed by atoms with E-state index in [0.29, 0.717) is 5.75 Å². The summed E-state index contributed by atoms with van der Waals surface area (Å²) in [6.07, 6.45) is 2.20. The van der Waals surface area contributed by atoms with Crippen LogP contribution in [0.3, 0.4) is 0 Å². The summed E-state index contributed by atoms with van der Waals surface area (Å²) in [6, 6.07) is 5.69. The van der Waals surface area contributed by atoms with E-state index in [2.05, 4.69) is 11.4 Å². The Bertz CT molecular complexity index is 383. The van der Waals surface area contributed by atoms with Gasteiger partial charge in [-0.15, -0.1) is 0 Å². The van der Waals surface area contributed by atoms with Gasteiger partial charge in [-0.2, -0.15) is 0 Å². The van der Waals surface area contributed by atoms with Gasteiger partial charge in [-0.05, 0) is 32.0 Å². The van der Waals surface area contributed by atoms with Gasteiger partial charge >= 0.3 is 0 Å². The Morgan fingerprint density at radius 2 is 2.07 bits per heavy atom. The molecule has 3 rings (SSSR count). The fraction of sp³-hybridized carbons (Fsp3) is 0.500. The topological polar surface area (TPSA) is 41.5 Å². The number of hydrogen-bond donors (Lipinski definition) is 2. The van der Waals surface area contributed by atoms with Crippen molar-refractivity contribution in [2.24, 2.45) is 0 Å². The van der Waals surface area contributed by atoms with Crippen molar-refractivity contribution in [2.45, 2.75) is 18.3 Å². The molecule has 3 heteroatoms. The Balaban J connectivity index is 2.06. The summed E-state index contributed by atoms with van der Waals surface area (Å²) in [5.41, 5.74) is 1.35. The lowest BCUT2D eigenvalue weighted by Gasteiger charge is -2.32. The quantitative estimate of drug-likeness (QED) is 0.672. The van der Waals surface area contributed by atoms with E-state index >= 15 is 0 Å². The Labute approximate surface area is 89.1 Å². The van der Waals surface area contributed by atoms with E-state index in [1.54, 1.807) is 6.07 Å². The van der Waals surface area contributed by atoms with Crippen LogP contribution in [0.2, 0.25) is 0 Å². The van der Waals surface area contributed by atoms with Crippen molar-refractivity contribution in [1.29, 1.82) is 0 Å². The maximum atomic E-state index is 9.70. The van der Waals surface area contributed by atoms with Gasteiger partial charge in [0.25, 0.3) is 0 Å². The largest absolute Gasteiger partial charge is 0.504 e. The van der Waals surface area contributed by atoms with Gasteiger partial charge in [0.15, 0.2) is 11.5 Å². The van der Waals surface area contributed by atoms with Crippen LogP contribution in [0, 0.1) is 0 Å². The van der Waals surface area contributed by atoms with Gasteiger partial charge in [-0.1, -0.05) is 12.1 Å². The molecule has 2 aliphatic rings. The van der Waals surface area contributed by atoms with Crippen molar-refractivity contribution >= 4 is 0 Å². The van der Waals surface area contributed by atoms with Crippen LogP contribution in [0.15, 0.2) is 18.2 Å². The minimum Gasteiger partial charge on any atom is -0.504 e. The highest BCUT2D eigenvalue weighted by Gasteiger charge is 2.42. The number of fused-ring (bicyclic) bond motifs is 2. The minimum absolute atomic E-state index is 0.152. The van der Waals surface area contributed by atoms with E-state index in [1.165, 1.54) is 5.56 Å². The van der Waals surface area contributed by atoms with Crippen molar-refractivity contribution < 1.29 is 9.84 Å². The number of phenols is 1. The van der Waals surface area contributed by atoms with Crippen molar-refractivity contribution in [3.63, 3.8) is 0 Å². The van der Waals surface area contributed by atoms with E-state index in [-0.39, 0.29) is 11.2 Å². The number of ether oxygens (including phenoxy) is 1.